The average Bonchev–Trinajstić information content (AvgIpc) is 2.71. The van der Waals surface area contributed by atoms with E-state index >= 15 is 0 Å². The van der Waals surface area contributed by atoms with Gasteiger partial charge in [0.2, 0.25) is 0 Å². The molecule has 0 saturated heterocycles. The monoisotopic (exact) mass is 251 g/mol. The highest BCUT2D eigenvalue weighted by molar-refractivity contribution is 5.73. The molecular weight excluding hydrogens is 233 g/mol. The van der Waals surface area contributed by atoms with E-state index in [2.05, 4.69) is 5.32 Å². The molecule has 1 aromatic carbocycles. The molecule has 2 rings (SSSR count). The van der Waals surface area contributed by atoms with Gasteiger partial charge in [-0.25, -0.2) is 4.39 Å². The third kappa shape index (κ3) is 2.70. The van der Waals surface area contributed by atoms with E-state index in [1.54, 1.807) is 12.1 Å². The van der Waals surface area contributed by atoms with Crippen LogP contribution < -0.4 is 5.32 Å². The van der Waals surface area contributed by atoms with Gasteiger partial charge in [-0.15, -0.1) is 0 Å². The largest absolute Gasteiger partial charge is 0.480 e. The number of carbonyl (C=O) groups is 1. The van der Waals surface area contributed by atoms with Crippen molar-refractivity contribution in [2.75, 3.05) is 0 Å². The summed E-state index contributed by atoms with van der Waals surface area (Å²) in [6.07, 6.45) is 3.09. The van der Waals surface area contributed by atoms with Crippen molar-refractivity contribution < 1.29 is 14.3 Å². The van der Waals surface area contributed by atoms with Gasteiger partial charge < -0.3 is 5.11 Å². The van der Waals surface area contributed by atoms with Crippen LogP contribution in [0.25, 0.3) is 0 Å². The molecule has 2 atom stereocenters. The standard InChI is InChI=1S/C14H18FNO2/c1-2-3-13(14(17)18)16-12-7-4-9-8-10(15)5-6-11(9)12/h5-6,8,12-13,16H,2-4,7H2,1H3,(H,17,18). The van der Waals surface area contributed by atoms with Crippen LogP contribution in [0, 0.1) is 5.82 Å². The summed E-state index contributed by atoms with van der Waals surface area (Å²) < 4.78 is 13.1. The van der Waals surface area contributed by atoms with Crippen LogP contribution in [0.1, 0.15) is 43.4 Å². The fraction of sp³-hybridized carbons (Fsp3) is 0.500. The summed E-state index contributed by atoms with van der Waals surface area (Å²) in [5, 5.41) is 12.3. The van der Waals surface area contributed by atoms with E-state index in [9.17, 15) is 9.18 Å². The highest BCUT2D eigenvalue weighted by Crippen LogP contribution is 2.32. The molecule has 1 aromatic rings. The molecule has 0 aromatic heterocycles. The summed E-state index contributed by atoms with van der Waals surface area (Å²) in [5.41, 5.74) is 2.03. The summed E-state index contributed by atoms with van der Waals surface area (Å²) in [7, 11) is 0. The maximum absolute atomic E-state index is 13.1. The second-order valence-electron chi connectivity index (χ2n) is 4.78. The fourth-order valence-corrected chi connectivity index (χ4v) is 2.57. The molecule has 3 nitrogen and oxygen atoms in total. The molecule has 0 fully saturated rings. The van der Waals surface area contributed by atoms with Crippen LogP contribution >= 0.6 is 0 Å². The van der Waals surface area contributed by atoms with Crippen molar-refractivity contribution in [2.45, 2.75) is 44.7 Å². The Morgan fingerprint density at radius 2 is 2.39 bits per heavy atom. The number of fused-ring (bicyclic) bond motifs is 1. The molecular formula is C14H18FNO2. The van der Waals surface area contributed by atoms with Gasteiger partial charge in [0, 0.05) is 6.04 Å². The normalized spacial score (nSPS) is 19.6. The molecule has 0 aliphatic heterocycles. The van der Waals surface area contributed by atoms with E-state index in [-0.39, 0.29) is 11.9 Å². The molecule has 0 amide bonds. The molecule has 0 heterocycles. The highest BCUT2D eigenvalue weighted by atomic mass is 19.1. The van der Waals surface area contributed by atoms with Gasteiger partial charge in [-0.1, -0.05) is 19.4 Å². The lowest BCUT2D eigenvalue weighted by molar-refractivity contribution is -0.139. The number of carboxylic acid groups (broad SMARTS) is 1. The molecule has 0 radical (unpaired) electrons. The van der Waals surface area contributed by atoms with Gasteiger partial charge in [-0.2, -0.15) is 0 Å². The minimum atomic E-state index is -0.813. The van der Waals surface area contributed by atoms with Crippen molar-refractivity contribution in [2.24, 2.45) is 0 Å². The van der Waals surface area contributed by atoms with Crippen LogP contribution in [0.15, 0.2) is 18.2 Å². The molecule has 0 bridgehead atoms. The Balaban J connectivity index is 2.11. The van der Waals surface area contributed by atoms with Crippen LogP contribution in [0.3, 0.4) is 0 Å². The molecule has 4 heteroatoms. The molecule has 0 spiro atoms. The minimum absolute atomic E-state index is 0.0354. The number of benzene rings is 1. The number of hydrogen-bond acceptors (Lipinski definition) is 2. The first-order valence-corrected chi connectivity index (χ1v) is 6.39. The van der Waals surface area contributed by atoms with Crippen molar-refractivity contribution in [3.63, 3.8) is 0 Å². The van der Waals surface area contributed by atoms with Crippen LogP contribution in [0.2, 0.25) is 0 Å². The van der Waals surface area contributed by atoms with Gasteiger partial charge in [0.1, 0.15) is 11.9 Å². The predicted octanol–water partition coefficient (Wildman–Crippen LogP) is 2.66. The van der Waals surface area contributed by atoms with Gasteiger partial charge in [0.25, 0.3) is 0 Å². The van der Waals surface area contributed by atoms with Crippen LogP contribution in [0.4, 0.5) is 4.39 Å². The van der Waals surface area contributed by atoms with Gasteiger partial charge >= 0.3 is 5.97 Å². The molecule has 0 saturated carbocycles. The first kappa shape index (κ1) is 13.0. The summed E-state index contributed by atoms with van der Waals surface area (Å²) in [4.78, 5) is 11.1. The summed E-state index contributed by atoms with van der Waals surface area (Å²) in [5.74, 6) is -1.04. The topological polar surface area (TPSA) is 49.3 Å². The average molecular weight is 251 g/mol. The van der Waals surface area contributed by atoms with E-state index < -0.39 is 12.0 Å². The zero-order valence-corrected chi connectivity index (χ0v) is 10.4. The Labute approximate surface area is 106 Å². The predicted molar refractivity (Wildman–Crippen MR) is 66.9 cm³/mol. The zero-order chi connectivity index (χ0) is 13.1. The van der Waals surface area contributed by atoms with Crippen molar-refractivity contribution in [3.8, 4) is 0 Å². The molecule has 2 N–H and O–H groups in total. The van der Waals surface area contributed by atoms with Crippen molar-refractivity contribution in [3.05, 3.63) is 35.1 Å². The second-order valence-corrected chi connectivity index (χ2v) is 4.78. The van der Waals surface area contributed by atoms with E-state index in [1.807, 2.05) is 6.92 Å². The van der Waals surface area contributed by atoms with Crippen molar-refractivity contribution in [1.82, 2.24) is 5.32 Å². The lowest BCUT2D eigenvalue weighted by Gasteiger charge is -2.20. The SMILES string of the molecule is CCCC(NC1CCc2cc(F)ccc21)C(=O)O. The van der Waals surface area contributed by atoms with E-state index in [4.69, 9.17) is 5.11 Å². The maximum atomic E-state index is 13.1. The van der Waals surface area contributed by atoms with Gasteiger partial charge in [0.05, 0.1) is 0 Å². The Bertz CT molecular complexity index is 447. The molecule has 18 heavy (non-hydrogen) atoms. The summed E-state index contributed by atoms with van der Waals surface area (Å²) in [6, 6.07) is 4.27. The number of rotatable bonds is 5. The number of nitrogens with one attached hydrogen (secondary N) is 1. The Kier molecular flexibility index (Phi) is 3.97. The van der Waals surface area contributed by atoms with Gasteiger partial charge in [-0.05, 0) is 42.5 Å². The van der Waals surface area contributed by atoms with Crippen LogP contribution in [0.5, 0.6) is 0 Å². The van der Waals surface area contributed by atoms with Crippen LogP contribution in [-0.2, 0) is 11.2 Å². The van der Waals surface area contributed by atoms with E-state index in [0.29, 0.717) is 6.42 Å². The molecule has 2 unspecified atom stereocenters. The lowest BCUT2D eigenvalue weighted by atomic mass is 10.1. The van der Waals surface area contributed by atoms with E-state index in [1.165, 1.54) is 6.07 Å². The lowest BCUT2D eigenvalue weighted by Crippen LogP contribution is -2.38. The Morgan fingerprint density at radius 1 is 1.61 bits per heavy atom. The minimum Gasteiger partial charge on any atom is -0.480 e. The number of aliphatic carboxylic acids is 1. The smallest absolute Gasteiger partial charge is 0.320 e. The van der Waals surface area contributed by atoms with E-state index in [0.717, 1.165) is 30.4 Å². The zero-order valence-electron chi connectivity index (χ0n) is 10.4. The maximum Gasteiger partial charge on any atom is 0.320 e. The first-order valence-electron chi connectivity index (χ1n) is 6.39. The summed E-state index contributed by atoms with van der Waals surface area (Å²) in [6.45, 7) is 1.97. The third-order valence-electron chi connectivity index (χ3n) is 3.46. The first-order chi connectivity index (χ1) is 8.61. The van der Waals surface area contributed by atoms with Crippen molar-refractivity contribution >= 4 is 5.97 Å². The third-order valence-corrected chi connectivity index (χ3v) is 3.46. The number of carboxylic acids is 1. The van der Waals surface area contributed by atoms with Gasteiger partial charge in [-0.3, -0.25) is 10.1 Å². The Morgan fingerprint density at radius 3 is 3.06 bits per heavy atom. The van der Waals surface area contributed by atoms with Crippen molar-refractivity contribution in [1.29, 1.82) is 0 Å². The number of aryl methyl sites for hydroxylation is 1. The second kappa shape index (κ2) is 5.48. The number of halogens is 1. The summed E-state index contributed by atoms with van der Waals surface area (Å²) >= 11 is 0. The molecule has 1 aliphatic rings. The van der Waals surface area contributed by atoms with Crippen LogP contribution in [-0.4, -0.2) is 17.1 Å². The Hall–Kier alpha value is -1.42. The quantitative estimate of drug-likeness (QED) is 0.845. The van der Waals surface area contributed by atoms with Gasteiger partial charge in [0.15, 0.2) is 0 Å². The molecule has 1 aliphatic carbocycles. The highest BCUT2D eigenvalue weighted by Gasteiger charge is 2.27. The number of hydrogen-bond donors (Lipinski definition) is 2. The fourth-order valence-electron chi connectivity index (χ4n) is 2.57. The molecule has 98 valence electrons.